The average molecular weight is 204 g/mol. The highest BCUT2D eigenvalue weighted by Gasteiger charge is 2.25. The van der Waals surface area contributed by atoms with Crippen molar-refractivity contribution in [1.29, 1.82) is 5.26 Å². The molecule has 1 aliphatic heterocycles. The first kappa shape index (κ1) is 9.78. The van der Waals surface area contributed by atoms with Crippen LogP contribution in [0.15, 0.2) is 22.8 Å². The van der Waals surface area contributed by atoms with Crippen molar-refractivity contribution in [2.45, 2.75) is 12.8 Å². The number of amides is 1. The molecule has 1 fully saturated rings. The van der Waals surface area contributed by atoms with Crippen LogP contribution in [0.3, 0.4) is 0 Å². The minimum Gasteiger partial charge on any atom is -0.459 e. The second-order valence-electron chi connectivity index (χ2n) is 3.70. The van der Waals surface area contributed by atoms with E-state index in [2.05, 4.69) is 6.07 Å². The lowest BCUT2D eigenvalue weighted by atomic mass is 9.99. The molecule has 1 unspecified atom stereocenters. The van der Waals surface area contributed by atoms with Gasteiger partial charge in [0, 0.05) is 13.1 Å². The third-order valence-corrected chi connectivity index (χ3v) is 2.62. The third kappa shape index (κ3) is 2.01. The van der Waals surface area contributed by atoms with Gasteiger partial charge in [0.25, 0.3) is 5.91 Å². The van der Waals surface area contributed by atoms with Crippen LogP contribution in [0.25, 0.3) is 0 Å². The molecule has 0 saturated carbocycles. The summed E-state index contributed by atoms with van der Waals surface area (Å²) in [6, 6.07) is 5.55. The van der Waals surface area contributed by atoms with E-state index in [1.807, 2.05) is 0 Å². The highest BCUT2D eigenvalue weighted by molar-refractivity contribution is 5.91. The van der Waals surface area contributed by atoms with E-state index in [0.29, 0.717) is 12.3 Å². The normalized spacial score (nSPS) is 21.0. The molecule has 78 valence electrons. The Morgan fingerprint density at radius 3 is 3.20 bits per heavy atom. The zero-order chi connectivity index (χ0) is 10.7. The van der Waals surface area contributed by atoms with E-state index in [1.54, 1.807) is 17.0 Å². The molecule has 1 aromatic rings. The van der Waals surface area contributed by atoms with Crippen molar-refractivity contribution in [3.63, 3.8) is 0 Å². The second kappa shape index (κ2) is 4.18. The largest absolute Gasteiger partial charge is 0.459 e. The van der Waals surface area contributed by atoms with Gasteiger partial charge in [-0.1, -0.05) is 0 Å². The fraction of sp³-hybridized carbons (Fsp3) is 0.455. The van der Waals surface area contributed by atoms with Gasteiger partial charge in [-0.15, -0.1) is 0 Å². The van der Waals surface area contributed by atoms with Crippen LogP contribution in [-0.2, 0) is 0 Å². The van der Waals surface area contributed by atoms with Gasteiger partial charge in [-0.3, -0.25) is 4.79 Å². The molecule has 2 rings (SSSR count). The molecular formula is C11H12N2O2. The van der Waals surface area contributed by atoms with Crippen LogP contribution in [0.4, 0.5) is 0 Å². The number of furan rings is 1. The number of likely N-dealkylation sites (tertiary alicyclic amines) is 1. The Hall–Kier alpha value is -1.76. The van der Waals surface area contributed by atoms with Gasteiger partial charge in [0.05, 0.1) is 18.3 Å². The quantitative estimate of drug-likeness (QED) is 0.699. The summed E-state index contributed by atoms with van der Waals surface area (Å²) in [6.45, 7) is 1.24. The Labute approximate surface area is 88.1 Å². The van der Waals surface area contributed by atoms with Crippen LogP contribution >= 0.6 is 0 Å². The molecule has 0 bridgehead atoms. The van der Waals surface area contributed by atoms with E-state index < -0.39 is 0 Å². The van der Waals surface area contributed by atoms with Crippen molar-refractivity contribution in [2.24, 2.45) is 5.92 Å². The molecule has 1 amide bonds. The number of hydrogen-bond acceptors (Lipinski definition) is 3. The summed E-state index contributed by atoms with van der Waals surface area (Å²) >= 11 is 0. The first-order valence-electron chi connectivity index (χ1n) is 5.03. The highest BCUT2D eigenvalue weighted by atomic mass is 16.3. The first-order chi connectivity index (χ1) is 7.31. The van der Waals surface area contributed by atoms with Gasteiger partial charge < -0.3 is 9.32 Å². The molecule has 1 aromatic heterocycles. The van der Waals surface area contributed by atoms with Gasteiger partial charge >= 0.3 is 0 Å². The van der Waals surface area contributed by atoms with E-state index >= 15 is 0 Å². The molecule has 4 heteroatoms. The van der Waals surface area contributed by atoms with Crippen molar-refractivity contribution < 1.29 is 9.21 Å². The Morgan fingerprint density at radius 2 is 2.53 bits per heavy atom. The Kier molecular flexibility index (Phi) is 2.72. The maximum Gasteiger partial charge on any atom is 0.289 e. The van der Waals surface area contributed by atoms with Crippen LogP contribution in [0.5, 0.6) is 0 Å². The van der Waals surface area contributed by atoms with Crippen LogP contribution in [-0.4, -0.2) is 23.9 Å². The number of nitrogens with zero attached hydrogens (tertiary/aromatic N) is 2. The van der Waals surface area contributed by atoms with Crippen molar-refractivity contribution in [2.75, 3.05) is 13.1 Å². The molecule has 4 nitrogen and oxygen atoms in total. The smallest absolute Gasteiger partial charge is 0.289 e. The summed E-state index contributed by atoms with van der Waals surface area (Å²) < 4.78 is 5.04. The lowest BCUT2D eigenvalue weighted by molar-refractivity contribution is 0.0666. The van der Waals surface area contributed by atoms with Gasteiger partial charge in [-0.25, -0.2) is 0 Å². The molecule has 0 N–H and O–H groups in total. The Morgan fingerprint density at radius 1 is 1.67 bits per heavy atom. The number of piperidine rings is 1. The molecule has 0 aromatic carbocycles. The minimum absolute atomic E-state index is 0.0299. The molecule has 0 spiro atoms. The van der Waals surface area contributed by atoms with E-state index in [-0.39, 0.29) is 11.8 Å². The van der Waals surface area contributed by atoms with E-state index in [4.69, 9.17) is 9.68 Å². The summed E-state index contributed by atoms with van der Waals surface area (Å²) in [5, 5.41) is 8.81. The maximum absolute atomic E-state index is 11.8. The van der Waals surface area contributed by atoms with Crippen LogP contribution in [0, 0.1) is 17.2 Å². The molecule has 2 heterocycles. The average Bonchev–Trinajstić information content (AvgIpc) is 2.81. The van der Waals surface area contributed by atoms with Crippen molar-refractivity contribution in [1.82, 2.24) is 4.90 Å². The first-order valence-corrected chi connectivity index (χ1v) is 5.03. The van der Waals surface area contributed by atoms with Crippen molar-refractivity contribution in [3.8, 4) is 6.07 Å². The summed E-state index contributed by atoms with van der Waals surface area (Å²) in [7, 11) is 0. The number of carbonyl (C=O) groups excluding carboxylic acids is 1. The summed E-state index contributed by atoms with van der Waals surface area (Å²) in [6.07, 6.45) is 3.27. The molecule has 0 aliphatic carbocycles. The van der Waals surface area contributed by atoms with E-state index in [9.17, 15) is 4.79 Å². The Bertz CT molecular complexity index is 378. The molecular weight excluding hydrogens is 192 g/mol. The SMILES string of the molecule is N#CC1CCCN(C(=O)c2ccco2)C1. The molecule has 1 saturated heterocycles. The molecule has 1 aliphatic rings. The number of nitriles is 1. The Balaban J connectivity index is 2.05. The van der Waals surface area contributed by atoms with Gasteiger partial charge in [-0.2, -0.15) is 5.26 Å². The fourth-order valence-corrected chi connectivity index (χ4v) is 1.82. The monoisotopic (exact) mass is 204 g/mol. The number of carbonyl (C=O) groups is 1. The van der Waals surface area contributed by atoms with E-state index in [0.717, 1.165) is 19.4 Å². The summed E-state index contributed by atoms with van der Waals surface area (Å²) in [5.74, 6) is 0.214. The molecule has 0 radical (unpaired) electrons. The van der Waals surface area contributed by atoms with Crippen molar-refractivity contribution in [3.05, 3.63) is 24.2 Å². The molecule has 1 atom stereocenters. The highest BCUT2D eigenvalue weighted by Crippen LogP contribution is 2.17. The predicted octanol–water partition coefficient (Wildman–Crippen LogP) is 1.66. The van der Waals surface area contributed by atoms with Crippen LogP contribution in [0.2, 0.25) is 0 Å². The second-order valence-corrected chi connectivity index (χ2v) is 3.70. The summed E-state index contributed by atoms with van der Waals surface area (Å²) in [4.78, 5) is 13.5. The molecule has 15 heavy (non-hydrogen) atoms. The predicted molar refractivity (Wildman–Crippen MR) is 52.9 cm³/mol. The summed E-state index contributed by atoms with van der Waals surface area (Å²) in [5.41, 5.74) is 0. The van der Waals surface area contributed by atoms with Gasteiger partial charge in [-0.05, 0) is 25.0 Å². The number of hydrogen-bond donors (Lipinski definition) is 0. The third-order valence-electron chi connectivity index (χ3n) is 2.62. The maximum atomic E-state index is 11.8. The lowest BCUT2D eigenvalue weighted by Gasteiger charge is -2.28. The van der Waals surface area contributed by atoms with Gasteiger partial charge in [0.15, 0.2) is 5.76 Å². The lowest BCUT2D eigenvalue weighted by Crippen LogP contribution is -2.39. The van der Waals surface area contributed by atoms with Crippen LogP contribution in [0.1, 0.15) is 23.4 Å². The zero-order valence-electron chi connectivity index (χ0n) is 8.35. The minimum atomic E-state index is -0.111. The number of rotatable bonds is 1. The van der Waals surface area contributed by atoms with Crippen molar-refractivity contribution >= 4 is 5.91 Å². The standard InChI is InChI=1S/C11H12N2O2/c12-7-9-3-1-5-13(8-9)11(14)10-4-2-6-15-10/h2,4,6,9H,1,3,5,8H2. The fourth-order valence-electron chi connectivity index (χ4n) is 1.82. The van der Waals surface area contributed by atoms with Crippen LogP contribution < -0.4 is 0 Å². The van der Waals surface area contributed by atoms with Gasteiger partial charge in [0.1, 0.15) is 0 Å². The zero-order valence-corrected chi connectivity index (χ0v) is 8.35. The van der Waals surface area contributed by atoms with E-state index in [1.165, 1.54) is 6.26 Å². The topological polar surface area (TPSA) is 57.2 Å². The van der Waals surface area contributed by atoms with Gasteiger partial charge in [0.2, 0.25) is 0 Å².